The zero-order valence-electron chi connectivity index (χ0n) is 13.2. The second-order valence-electron chi connectivity index (χ2n) is 6.27. The largest absolute Gasteiger partial charge is 0.448 e. The van der Waals surface area contributed by atoms with Crippen LogP contribution in [-0.4, -0.2) is 32.7 Å². The lowest BCUT2D eigenvalue weighted by atomic mass is 10.2. The third-order valence-corrected chi connectivity index (χ3v) is 4.33. The predicted octanol–water partition coefficient (Wildman–Crippen LogP) is 1.44. The van der Waals surface area contributed by atoms with E-state index >= 15 is 0 Å². The Bertz CT molecular complexity index is 757. The summed E-state index contributed by atoms with van der Waals surface area (Å²) in [5.41, 5.74) is 2.53. The van der Waals surface area contributed by atoms with Gasteiger partial charge in [0.25, 0.3) is 5.91 Å². The molecule has 7 nitrogen and oxygen atoms in total. The fourth-order valence-corrected chi connectivity index (χ4v) is 2.79. The molecule has 3 heterocycles. The summed E-state index contributed by atoms with van der Waals surface area (Å²) in [4.78, 5) is 34.3. The molecule has 2 aliphatic rings. The van der Waals surface area contributed by atoms with Gasteiger partial charge in [-0.1, -0.05) is 0 Å². The maximum Gasteiger partial charge on any atom is 0.273 e. The average molecular weight is 326 g/mol. The minimum Gasteiger partial charge on any atom is -0.448 e. The minimum atomic E-state index is -0.207. The highest BCUT2D eigenvalue weighted by Crippen LogP contribution is 2.22. The first-order valence-electron chi connectivity index (χ1n) is 8.14. The molecule has 1 aliphatic carbocycles. The molecule has 0 aromatic carbocycles. The first kappa shape index (κ1) is 14.9. The SMILES string of the molecule is O=C(NC1CC1)c1coc(CCC(=O)N2Cc3ccncc3C2)n1. The summed E-state index contributed by atoms with van der Waals surface area (Å²) in [5, 5.41) is 2.86. The Morgan fingerprint density at radius 3 is 2.92 bits per heavy atom. The number of nitrogens with zero attached hydrogens (tertiary/aromatic N) is 3. The molecular formula is C17H18N4O3. The van der Waals surface area contributed by atoms with Gasteiger partial charge in [0.15, 0.2) is 11.6 Å². The number of nitrogens with one attached hydrogen (secondary N) is 1. The molecule has 0 spiro atoms. The van der Waals surface area contributed by atoms with E-state index in [1.807, 2.05) is 6.07 Å². The van der Waals surface area contributed by atoms with Crippen molar-refractivity contribution in [2.24, 2.45) is 0 Å². The van der Waals surface area contributed by atoms with Crippen LogP contribution in [-0.2, 0) is 24.3 Å². The molecule has 0 unspecified atom stereocenters. The number of carbonyl (C=O) groups excluding carboxylic acids is 2. The first-order chi connectivity index (χ1) is 11.7. The molecule has 0 atom stereocenters. The number of fused-ring (bicyclic) bond motifs is 1. The molecule has 124 valence electrons. The Labute approximate surface area is 139 Å². The fraction of sp³-hybridized carbons (Fsp3) is 0.412. The van der Waals surface area contributed by atoms with Gasteiger partial charge in [0.2, 0.25) is 5.91 Å². The van der Waals surface area contributed by atoms with Gasteiger partial charge in [0, 0.05) is 44.4 Å². The maximum absolute atomic E-state index is 12.3. The summed E-state index contributed by atoms with van der Waals surface area (Å²) in [6, 6.07) is 2.23. The smallest absolute Gasteiger partial charge is 0.273 e. The van der Waals surface area contributed by atoms with Crippen LogP contribution in [0.3, 0.4) is 0 Å². The topological polar surface area (TPSA) is 88.3 Å². The lowest BCUT2D eigenvalue weighted by Gasteiger charge is -2.14. The van der Waals surface area contributed by atoms with Crippen molar-refractivity contribution in [3.63, 3.8) is 0 Å². The second-order valence-corrected chi connectivity index (χ2v) is 6.27. The minimum absolute atomic E-state index is 0.0494. The quantitative estimate of drug-likeness (QED) is 0.898. The highest BCUT2D eigenvalue weighted by molar-refractivity contribution is 5.92. The van der Waals surface area contributed by atoms with Crippen molar-refractivity contribution < 1.29 is 14.0 Å². The Morgan fingerprint density at radius 1 is 1.29 bits per heavy atom. The second kappa shape index (κ2) is 6.07. The van der Waals surface area contributed by atoms with Crippen LogP contribution in [0.25, 0.3) is 0 Å². The number of rotatable bonds is 5. The Kier molecular flexibility index (Phi) is 3.76. The number of hydrogen-bond donors (Lipinski definition) is 1. The lowest BCUT2D eigenvalue weighted by molar-refractivity contribution is -0.131. The van der Waals surface area contributed by atoms with E-state index in [0.29, 0.717) is 31.8 Å². The van der Waals surface area contributed by atoms with Crippen molar-refractivity contribution in [2.45, 2.75) is 44.8 Å². The molecule has 2 aromatic heterocycles. The maximum atomic E-state index is 12.3. The van der Waals surface area contributed by atoms with Crippen molar-refractivity contribution in [3.8, 4) is 0 Å². The van der Waals surface area contributed by atoms with Gasteiger partial charge in [-0.25, -0.2) is 4.98 Å². The van der Waals surface area contributed by atoms with Crippen molar-refractivity contribution in [1.29, 1.82) is 0 Å². The highest BCUT2D eigenvalue weighted by atomic mass is 16.3. The molecular weight excluding hydrogens is 308 g/mol. The third-order valence-electron chi connectivity index (χ3n) is 4.33. The van der Waals surface area contributed by atoms with Crippen molar-refractivity contribution in [1.82, 2.24) is 20.2 Å². The molecule has 1 N–H and O–H groups in total. The number of aryl methyl sites for hydroxylation is 1. The lowest BCUT2D eigenvalue weighted by Crippen LogP contribution is -2.26. The average Bonchev–Trinajstić information content (AvgIpc) is 3.13. The summed E-state index contributed by atoms with van der Waals surface area (Å²) in [6.45, 7) is 1.22. The number of aromatic nitrogens is 2. The zero-order valence-corrected chi connectivity index (χ0v) is 13.2. The standard InChI is InChI=1S/C17H18N4O3/c22-16(21-8-11-5-6-18-7-12(11)9-21)4-3-15-20-14(10-24-15)17(23)19-13-1-2-13/h5-7,10,13H,1-4,8-9H2,(H,19,23). The molecule has 2 amide bonds. The fourth-order valence-electron chi connectivity index (χ4n) is 2.79. The molecule has 0 saturated heterocycles. The van der Waals surface area contributed by atoms with Gasteiger partial charge in [0.1, 0.15) is 6.26 Å². The monoisotopic (exact) mass is 326 g/mol. The van der Waals surface area contributed by atoms with E-state index in [4.69, 9.17) is 4.42 Å². The van der Waals surface area contributed by atoms with Gasteiger partial charge in [-0.3, -0.25) is 14.6 Å². The molecule has 4 rings (SSSR count). The molecule has 7 heteroatoms. The molecule has 0 radical (unpaired) electrons. The van der Waals surface area contributed by atoms with Gasteiger partial charge in [-0.2, -0.15) is 0 Å². The Hall–Kier alpha value is -2.70. The first-order valence-corrected chi connectivity index (χ1v) is 8.14. The molecule has 24 heavy (non-hydrogen) atoms. The van der Waals surface area contributed by atoms with Crippen molar-refractivity contribution >= 4 is 11.8 Å². The normalized spacial score (nSPS) is 16.1. The van der Waals surface area contributed by atoms with E-state index in [1.165, 1.54) is 6.26 Å². The van der Waals surface area contributed by atoms with Crippen LogP contribution in [0.15, 0.2) is 29.1 Å². The van der Waals surface area contributed by atoms with Crippen LogP contribution in [0.4, 0.5) is 0 Å². The van der Waals surface area contributed by atoms with Crippen LogP contribution >= 0.6 is 0 Å². The van der Waals surface area contributed by atoms with E-state index in [0.717, 1.165) is 24.0 Å². The van der Waals surface area contributed by atoms with Crippen LogP contribution in [0, 0.1) is 0 Å². The number of hydrogen-bond acceptors (Lipinski definition) is 5. The highest BCUT2D eigenvalue weighted by Gasteiger charge is 2.26. The number of oxazole rings is 1. The van der Waals surface area contributed by atoms with E-state index < -0.39 is 0 Å². The zero-order chi connectivity index (χ0) is 16.5. The summed E-state index contributed by atoms with van der Waals surface area (Å²) in [6.07, 6.45) is 7.66. The number of carbonyl (C=O) groups is 2. The van der Waals surface area contributed by atoms with Crippen molar-refractivity contribution in [3.05, 3.63) is 47.4 Å². The van der Waals surface area contributed by atoms with Gasteiger partial charge >= 0.3 is 0 Å². The molecule has 1 saturated carbocycles. The van der Waals surface area contributed by atoms with Gasteiger partial charge in [-0.05, 0) is 30.0 Å². The summed E-state index contributed by atoms with van der Waals surface area (Å²) in [7, 11) is 0. The van der Waals surface area contributed by atoms with E-state index in [-0.39, 0.29) is 23.6 Å². The van der Waals surface area contributed by atoms with Gasteiger partial charge < -0.3 is 14.6 Å². The Morgan fingerprint density at radius 2 is 2.12 bits per heavy atom. The predicted molar refractivity (Wildman–Crippen MR) is 83.8 cm³/mol. The molecule has 2 aromatic rings. The van der Waals surface area contributed by atoms with Gasteiger partial charge in [0.05, 0.1) is 0 Å². The van der Waals surface area contributed by atoms with Gasteiger partial charge in [-0.15, -0.1) is 0 Å². The summed E-state index contributed by atoms with van der Waals surface area (Å²) in [5.74, 6) is 0.261. The summed E-state index contributed by atoms with van der Waals surface area (Å²) < 4.78 is 5.31. The number of pyridine rings is 1. The molecule has 1 aliphatic heterocycles. The Balaban J connectivity index is 1.30. The molecule has 1 fully saturated rings. The van der Waals surface area contributed by atoms with E-state index in [2.05, 4.69) is 15.3 Å². The van der Waals surface area contributed by atoms with Crippen LogP contribution in [0.5, 0.6) is 0 Å². The molecule has 0 bridgehead atoms. The van der Waals surface area contributed by atoms with Crippen LogP contribution in [0.1, 0.15) is 46.8 Å². The van der Waals surface area contributed by atoms with E-state index in [9.17, 15) is 9.59 Å². The van der Waals surface area contributed by atoms with Crippen LogP contribution in [0.2, 0.25) is 0 Å². The number of amides is 2. The third kappa shape index (κ3) is 3.15. The van der Waals surface area contributed by atoms with E-state index in [1.54, 1.807) is 17.3 Å². The van der Waals surface area contributed by atoms with Crippen molar-refractivity contribution in [2.75, 3.05) is 0 Å². The van der Waals surface area contributed by atoms with Crippen LogP contribution < -0.4 is 5.32 Å². The summed E-state index contributed by atoms with van der Waals surface area (Å²) >= 11 is 0.